The zero-order valence-corrected chi connectivity index (χ0v) is 23.8. The van der Waals surface area contributed by atoms with Crippen LogP contribution in [0.1, 0.15) is 16.7 Å². The largest absolute Gasteiger partial charge is 0.507 e. The first-order valence-corrected chi connectivity index (χ1v) is 13.1. The summed E-state index contributed by atoms with van der Waals surface area (Å²) in [6.45, 7) is 11.3. The summed E-state index contributed by atoms with van der Waals surface area (Å²) in [5, 5.41) is 33.9. The Morgan fingerprint density at radius 1 is 0.524 bits per heavy atom. The van der Waals surface area contributed by atoms with Gasteiger partial charge in [-0.1, -0.05) is 18.2 Å². The fourth-order valence-corrected chi connectivity index (χ4v) is 4.73. The van der Waals surface area contributed by atoms with E-state index in [0.717, 1.165) is 0 Å². The first-order chi connectivity index (χ1) is 20.3. The van der Waals surface area contributed by atoms with Gasteiger partial charge in [0, 0.05) is 16.7 Å². The van der Waals surface area contributed by atoms with Crippen molar-refractivity contribution in [3.05, 3.63) is 91.1 Å². The lowest BCUT2D eigenvalue weighted by molar-refractivity contribution is 0.401. The summed E-state index contributed by atoms with van der Waals surface area (Å²) in [7, 11) is 4.54. The van der Waals surface area contributed by atoms with E-state index in [2.05, 4.69) is 34.7 Å². The maximum Gasteiger partial charge on any atom is 0.167 e. The van der Waals surface area contributed by atoms with E-state index in [1.54, 1.807) is 54.6 Å². The van der Waals surface area contributed by atoms with Gasteiger partial charge in [-0.15, -0.1) is 19.7 Å². The molecule has 0 unspecified atom stereocenters. The fraction of sp³-hybridized carbons (Fsp3) is 0.182. The molecule has 9 nitrogen and oxygen atoms in total. The van der Waals surface area contributed by atoms with Crippen molar-refractivity contribution in [2.24, 2.45) is 0 Å². The molecule has 0 fully saturated rings. The van der Waals surface area contributed by atoms with Gasteiger partial charge in [-0.25, -0.2) is 15.0 Å². The van der Waals surface area contributed by atoms with Crippen LogP contribution in [0.5, 0.6) is 34.5 Å². The molecule has 4 rings (SSSR count). The molecular weight excluding hydrogens is 534 g/mol. The van der Waals surface area contributed by atoms with Gasteiger partial charge in [0.1, 0.15) is 34.5 Å². The second-order valence-corrected chi connectivity index (χ2v) is 9.21. The number of allylic oxidation sites excluding steroid dienone is 3. The topological polar surface area (TPSA) is 127 Å². The summed E-state index contributed by atoms with van der Waals surface area (Å²) < 4.78 is 16.3. The summed E-state index contributed by atoms with van der Waals surface area (Å²) in [4.78, 5) is 14.0. The van der Waals surface area contributed by atoms with E-state index in [9.17, 15) is 15.3 Å². The van der Waals surface area contributed by atoms with Gasteiger partial charge >= 0.3 is 0 Å². The second-order valence-electron chi connectivity index (χ2n) is 9.21. The number of rotatable bonds is 12. The van der Waals surface area contributed by atoms with Gasteiger partial charge in [-0.05, 0) is 55.7 Å². The number of nitrogens with zero attached hydrogens (tertiary/aromatic N) is 3. The molecule has 0 radical (unpaired) electrons. The van der Waals surface area contributed by atoms with Crippen LogP contribution >= 0.6 is 0 Å². The minimum absolute atomic E-state index is 0.0880. The molecule has 216 valence electrons. The van der Waals surface area contributed by atoms with Crippen molar-refractivity contribution >= 4 is 0 Å². The Hall–Kier alpha value is -5.31. The Balaban J connectivity index is 2.06. The molecule has 3 aromatic carbocycles. The molecule has 0 saturated carbocycles. The van der Waals surface area contributed by atoms with Gasteiger partial charge in [0.25, 0.3) is 0 Å². The quantitative estimate of drug-likeness (QED) is 0.171. The number of hydrogen-bond donors (Lipinski definition) is 3. The number of ether oxygens (including phenoxy) is 3. The van der Waals surface area contributed by atoms with E-state index in [1.165, 1.54) is 21.3 Å². The van der Waals surface area contributed by atoms with Crippen molar-refractivity contribution in [2.45, 2.75) is 19.3 Å². The van der Waals surface area contributed by atoms with Crippen LogP contribution in [0.15, 0.2) is 74.4 Å². The lowest BCUT2D eigenvalue weighted by atomic mass is 10.0. The van der Waals surface area contributed by atoms with Gasteiger partial charge < -0.3 is 29.5 Å². The van der Waals surface area contributed by atoms with Crippen molar-refractivity contribution in [3.8, 4) is 68.7 Å². The minimum Gasteiger partial charge on any atom is -0.507 e. The van der Waals surface area contributed by atoms with Gasteiger partial charge in [0.05, 0.1) is 38.0 Å². The first-order valence-electron chi connectivity index (χ1n) is 13.1. The molecule has 1 heterocycles. The van der Waals surface area contributed by atoms with Gasteiger partial charge in [-0.3, -0.25) is 0 Å². The van der Waals surface area contributed by atoms with Crippen molar-refractivity contribution in [1.82, 2.24) is 15.0 Å². The van der Waals surface area contributed by atoms with E-state index in [4.69, 9.17) is 14.2 Å². The monoisotopic (exact) mass is 567 g/mol. The van der Waals surface area contributed by atoms with Gasteiger partial charge in [0.15, 0.2) is 17.5 Å². The number of aromatic nitrogens is 3. The molecule has 0 atom stereocenters. The van der Waals surface area contributed by atoms with E-state index in [0.29, 0.717) is 69.9 Å². The second kappa shape index (κ2) is 12.9. The molecule has 1 aromatic heterocycles. The molecule has 4 aromatic rings. The number of benzene rings is 3. The number of methoxy groups -OCH3 is 3. The van der Waals surface area contributed by atoms with Crippen LogP contribution < -0.4 is 14.2 Å². The highest BCUT2D eigenvalue weighted by molar-refractivity contribution is 5.77. The first kappa shape index (κ1) is 29.7. The number of phenolic OH excluding ortho intramolecular Hbond substituents is 3. The minimum atomic E-state index is -0.0880. The fourth-order valence-electron chi connectivity index (χ4n) is 4.73. The van der Waals surface area contributed by atoms with Crippen molar-refractivity contribution in [3.63, 3.8) is 0 Å². The van der Waals surface area contributed by atoms with E-state index >= 15 is 0 Å². The van der Waals surface area contributed by atoms with E-state index in [1.807, 2.05) is 0 Å². The summed E-state index contributed by atoms with van der Waals surface area (Å²) >= 11 is 0. The predicted octanol–water partition coefficient (Wildman–Crippen LogP) is 6.20. The van der Waals surface area contributed by atoms with Crippen LogP contribution in [-0.2, 0) is 19.3 Å². The smallest absolute Gasteiger partial charge is 0.167 e. The van der Waals surface area contributed by atoms with Gasteiger partial charge in [0.2, 0.25) is 0 Å². The normalized spacial score (nSPS) is 10.6. The molecule has 0 bridgehead atoms. The van der Waals surface area contributed by atoms with Gasteiger partial charge in [-0.2, -0.15) is 0 Å². The molecule has 0 amide bonds. The molecule has 0 aliphatic carbocycles. The van der Waals surface area contributed by atoms with Crippen LogP contribution in [0.25, 0.3) is 34.2 Å². The molecule has 0 aliphatic rings. The maximum absolute atomic E-state index is 11.3. The Bertz CT molecular complexity index is 1460. The molecule has 42 heavy (non-hydrogen) atoms. The Morgan fingerprint density at radius 3 is 1.00 bits per heavy atom. The molecule has 9 heteroatoms. The summed E-state index contributed by atoms with van der Waals surface area (Å²) in [6.07, 6.45) is 5.96. The zero-order valence-electron chi connectivity index (χ0n) is 23.8. The predicted molar refractivity (Wildman–Crippen MR) is 162 cm³/mol. The third-order valence-corrected chi connectivity index (χ3v) is 6.78. The standard InChI is InChI=1S/C33H33N3O6/c1-7-10-19-25(40-4)16-13-22(28(19)37)31-34-32(23-14-17-26(41-5)20(11-8-2)29(23)38)36-33(35-31)24-15-18-27(42-6)21(12-9-3)30(24)39/h7-9,13-18,37-39H,1-3,10-12H2,4-6H3. The maximum atomic E-state index is 11.3. The summed E-state index contributed by atoms with van der Waals surface area (Å²) in [5.41, 5.74) is 2.43. The van der Waals surface area contributed by atoms with E-state index < -0.39 is 0 Å². The van der Waals surface area contributed by atoms with Crippen molar-refractivity contribution in [1.29, 1.82) is 0 Å². The van der Waals surface area contributed by atoms with Crippen LogP contribution in [0.4, 0.5) is 0 Å². The zero-order chi connectivity index (χ0) is 30.4. The Labute approximate surface area is 244 Å². The molecule has 0 spiro atoms. The average molecular weight is 568 g/mol. The van der Waals surface area contributed by atoms with Crippen LogP contribution in [0.2, 0.25) is 0 Å². The molecular formula is C33H33N3O6. The highest BCUT2D eigenvalue weighted by atomic mass is 16.5. The summed E-state index contributed by atoms with van der Waals surface area (Å²) in [6, 6.07) is 10.0. The molecule has 3 N–H and O–H groups in total. The summed E-state index contributed by atoms with van der Waals surface area (Å²) in [5.74, 6) is 1.52. The third kappa shape index (κ3) is 5.49. The Morgan fingerprint density at radius 2 is 0.786 bits per heavy atom. The number of hydrogen-bond acceptors (Lipinski definition) is 9. The molecule has 0 saturated heterocycles. The highest BCUT2D eigenvalue weighted by Crippen LogP contribution is 2.42. The van der Waals surface area contributed by atoms with Crippen molar-refractivity contribution in [2.75, 3.05) is 21.3 Å². The van der Waals surface area contributed by atoms with Crippen LogP contribution in [-0.4, -0.2) is 51.6 Å². The number of aromatic hydroxyl groups is 3. The molecule has 0 aliphatic heterocycles. The lowest BCUT2D eigenvalue weighted by Crippen LogP contribution is -2.03. The lowest BCUT2D eigenvalue weighted by Gasteiger charge is -2.16. The SMILES string of the molecule is C=CCc1c(OC)ccc(-c2nc(-c3ccc(OC)c(CC=C)c3O)nc(-c3ccc(OC)c(CC=C)c3O)n2)c1O. The number of phenols is 3. The van der Waals surface area contributed by atoms with Crippen LogP contribution in [0, 0.1) is 0 Å². The van der Waals surface area contributed by atoms with Crippen LogP contribution in [0.3, 0.4) is 0 Å². The van der Waals surface area contributed by atoms with Crippen molar-refractivity contribution < 1.29 is 29.5 Å². The average Bonchev–Trinajstić information content (AvgIpc) is 3.00. The third-order valence-electron chi connectivity index (χ3n) is 6.78. The highest BCUT2D eigenvalue weighted by Gasteiger charge is 2.23. The van der Waals surface area contributed by atoms with E-state index in [-0.39, 0.29) is 34.7 Å². The Kier molecular flexibility index (Phi) is 9.12.